The van der Waals surface area contributed by atoms with E-state index in [1.165, 1.54) is 24.2 Å². The Kier molecular flexibility index (Phi) is 9.41. The molecule has 1 heterocycles. The molecule has 0 saturated carbocycles. The molecular weight excluding hydrogens is 335 g/mol. The Bertz CT molecular complexity index is 591. The van der Waals surface area contributed by atoms with Crippen molar-refractivity contribution in [2.45, 2.75) is 25.8 Å². The molecule has 0 radical (unpaired) electrons. The summed E-state index contributed by atoms with van der Waals surface area (Å²) >= 11 is 0. The maximum atomic E-state index is 11.9. The number of nitrogens with two attached hydrogens (primary N) is 1. The van der Waals surface area contributed by atoms with E-state index < -0.39 is 0 Å². The van der Waals surface area contributed by atoms with E-state index in [2.05, 4.69) is 41.3 Å². The van der Waals surface area contributed by atoms with Gasteiger partial charge in [-0.05, 0) is 17.0 Å². The number of hydrogen-bond donors (Lipinski definition) is 2. The summed E-state index contributed by atoms with van der Waals surface area (Å²) in [6, 6.07) is 7.92. The topological polar surface area (TPSA) is 80.9 Å². The minimum Gasteiger partial charge on any atom is -0.349 e. The molecule has 1 amide bonds. The summed E-state index contributed by atoms with van der Waals surface area (Å²) < 4.78 is 0. The van der Waals surface area contributed by atoms with Crippen LogP contribution in [0.5, 0.6) is 0 Å². The van der Waals surface area contributed by atoms with Crippen molar-refractivity contribution in [1.82, 2.24) is 15.3 Å². The highest BCUT2D eigenvalue weighted by atomic mass is 35.5. The summed E-state index contributed by atoms with van der Waals surface area (Å²) in [4.78, 5) is 19.7. The van der Waals surface area contributed by atoms with Gasteiger partial charge in [0.2, 0.25) is 0 Å². The second-order valence-corrected chi connectivity index (χ2v) is 5.23. The van der Waals surface area contributed by atoms with Crippen LogP contribution in [0.2, 0.25) is 0 Å². The predicted molar refractivity (Wildman–Crippen MR) is 96.3 cm³/mol. The van der Waals surface area contributed by atoms with Crippen molar-refractivity contribution >= 4 is 30.7 Å². The first-order valence-electron chi connectivity index (χ1n) is 6.97. The molecule has 2 rings (SSSR count). The molecule has 1 aromatic heterocycles. The molecule has 5 nitrogen and oxygen atoms in total. The quantitative estimate of drug-likeness (QED) is 0.862. The SMILES string of the molecule is CC(C)c1ccc(C(N)CNC(=O)c2cnccn2)cc1.Cl.Cl. The van der Waals surface area contributed by atoms with Gasteiger partial charge in [0.25, 0.3) is 5.91 Å². The molecule has 1 atom stereocenters. The Morgan fingerprint density at radius 3 is 2.26 bits per heavy atom. The number of carbonyl (C=O) groups excluding carboxylic acids is 1. The molecule has 7 heteroatoms. The summed E-state index contributed by atoms with van der Waals surface area (Å²) in [7, 11) is 0. The molecular formula is C16H22Cl2N4O. The second-order valence-electron chi connectivity index (χ2n) is 5.23. The van der Waals surface area contributed by atoms with Crippen molar-refractivity contribution in [3.63, 3.8) is 0 Å². The lowest BCUT2D eigenvalue weighted by molar-refractivity contribution is 0.0946. The Labute approximate surface area is 148 Å². The molecule has 0 saturated heterocycles. The minimum atomic E-state index is -0.266. The molecule has 0 bridgehead atoms. The molecule has 0 aliphatic carbocycles. The van der Waals surface area contributed by atoms with E-state index in [0.29, 0.717) is 18.2 Å². The van der Waals surface area contributed by atoms with Crippen LogP contribution < -0.4 is 11.1 Å². The van der Waals surface area contributed by atoms with Gasteiger partial charge in [-0.2, -0.15) is 0 Å². The van der Waals surface area contributed by atoms with E-state index in [9.17, 15) is 4.79 Å². The Balaban J connectivity index is 0.00000242. The van der Waals surface area contributed by atoms with Crippen LogP contribution >= 0.6 is 24.8 Å². The molecule has 0 spiro atoms. The van der Waals surface area contributed by atoms with Gasteiger partial charge < -0.3 is 11.1 Å². The largest absolute Gasteiger partial charge is 0.349 e. The lowest BCUT2D eigenvalue weighted by atomic mass is 9.99. The fourth-order valence-electron chi connectivity index (χ4n) is 1.96. The van der Waals surface area contributed by atoms with Crippen molar-refractivity contribution in [3.05, 3.63) is 59.7 Å². The second kappa shape index (κ2) is 10.2. The highest BCUT2D eigenvalue weighted by Gasteiger charge is 2.11. The van der Waals surface area contributed by atoms with Gasteiger partial charge >= 0.3 is 0 Å². The van der Waals surface area contributed by atoms with Crippen molar-refractivity contribution in [2.24, 2.45) is 5.73 Å². The third-order valence-electron chi connectivity index (χ3n) is 3.31. The first kappa shape index (κ1) is 21.3. The monoisotopic (exact) mass is 356 g/mol. The van der Waals surface area contributed by atoms with Gasteiger partial charge in [-0.25, -0.2) is 4.98 Å². The number of rotatable bonds is 5. The van der Waals surface area contributed by atoms with E-state index in [4.69, 9.17) is 5.73 Å². The van der Waals surface area contributed by atoms with Crippen LogP contribution in [0.1, 0.15) is 47.4 Å². The van der Waals surface area contributed by atoms with Gasteiger partial charge in [-0.15, -0.1) is 24.8 Å². The molecule has 2 aromatic rings. The van der Waals surface area contributed by atoms with Crippen molar-refractivity contribution in [3.8, 4) is 0 Å². The van der Waals surface area contributed by atoms with Gasteiger partial charge in [-0.3, -0.25) is 9.78 Å². The van der Waals surface area contributed by atoms with Crippen LogP contribution in [-0.4, -0.2) is 22.4 Å². The van der Waals surface area contributed by atoms with Gasteiger partial charge in [0, 0.05) is 25.0 Å². The van der Waals surface area contributed by atoms with Crippen LogP contribution in [0.3, 0.4) is 0 Å². The number of hydrogen-bond acceptors (Lipinski definition) is 4. The fourth-order valence-corrected chi connectivity index (χ4v) is 1.96. The average Bonchev–Trinajstić information content (AvgIpc) is 2.53. The van der Waals surface area contributed by atoms with Crippen LogP contribution in [0.15, 0.2) is 42.9 Å². The summed E-state index contributed by atoms with van der Waals surface area (Å²) in [5.74, 6) is 0.226. The van der Waals surface area contributed by atoms with E-state index in [1.807, 2.05) is 12.1 Å². The highest BCUT2D eigenvalue weighted by Crippen LogP contribution is 2.17. The molecule has 23 heavy (non-hydrogen) atoms. The number of nitrogens with zero attached hydrogens (tertiary/aromatic N) is 2. The molecule has 1 unspecified atom stereocenters. The zero-order chi connectivity index (χ0) is 15.2. The molecule has 3 N–H and O–H groups in total. The number of aromatic nitrogens is 2. The van der Waals surface area contributed by atoms with Crippen LogP contribution in [0.25, 0.3) is 0 Å². The lowest BCUT2D eigenvalue weighted by Crippen LogP contribution is -2.32. The van der Waals surface area contributed by atoms with E-state index >= 15 is 0 Å². The van der Waals surface area contributed by atoms with Crippen LogP contribution in [-0.2, 0) is 0 Å². The number of halogens is 2. The summed E-state index contributed by atoms with van der Waals surface area (Å²) in [6.07, 6.45) is 4.44. The number of benzene rings is 1. The van der Waals surface area contributed by atoms with Crippen molar-refractivity contribution in [2.75, 3.05) is 6.54 Å². The van der Waals surface area contributed by atoms with E-state index in [1.54, 1.807) is 0 Å². The first-order valence-corrected chi connectivity index (χ1v) is 6.97. The van der Waals surface area contributed by atoms with Crippen molar-refractivity contribution in [1.29, 1.82) is 0 Å². The number of amides is 1. The summed E-state index contributed by atoms with van der Waals surface area (Å²) in [5, 5.41) is 2.77. The first-order chi connectivity index (χ1) is 10.1. The zero-order valence-corrected chi connectivity index (χ0v) is 14.7. The van der Waals surface area contributed by atoms with Crippen LogP contribution in [0.4, 0.5) is 0 Å². The standard InChI is InChI=1S/C16H20N4O.2ClH/c1-11(2)12-3-5-13(6-4-12)14(17)9-20-16(21)15-10-18-7-8-19-15;;/h3-8,10-11,14H,9,17H2,1-2H3,(H,20,21);2*1H. The Morgan fingerprint density at radius 2 is 1.74 bits per heavy atom. The molecule has 0 aliphatic rings. The smallest absolute Gasteiger partial charge is 0.271 e. The average molecular weight is 357 g/mol. The highest BCUT2D eigenvalue weighted by molar-refractivity contribution is 5.91. The number of carbonyl (C=O) groups is 1. The normalized spacial score (nSPS) is 11.1. The van der Waals surface area contributed by atoms with Gasteiger partial charge in [0.15, 0.2) is 0 Å². The third kappa shape index (κ3) is 6.14. The maximum Gasteiger partial charge on any atom is 0.271 e. The predicted octanol–water partition coefficient (Wildman–Crippen LogP) is 2.87. The molecule has 0 aliphatic heterocycles. The molecule has 0 fully saturated rings. The van der Waals surface area contributed by atoms with E-state index in [0.717, 1.165) is 5.56 Å². The summed E-state index contributed by atoms with van der Waals surface area (Å²) in [5.41, 5.74) is 8.66. The fraction of sp³-hybridized carbons (Fsp3) is 0.312. The van der Waals surface area contributed by atoms with Gasteiger partial charge in [-0.1, -0.05) is 38.1 Å². The maximum absolute atomic E-state index is 11.9. The summed E-state index contributed by atoms with van der Waals surface area (Å²) in [6.45, 7) is 4.66. The Morgan fingerprint density at radius 1 is 1.13 bits per heavy atom. The van der Waals surface area contributed by atoms with E-state index in [-0.39, 0.29) is 36.8 Å². The molecule has 126 valence electrons. The lowest BCUT2D eigenvalue weighted by Gasteiger charge is -2.14. The van der Waals surface area contributed by atoms with Crippen LogP contribution in [0, 0.1) is 0 Å². The number of nitrogens with one attached hydrogen (secondary N) is 1. The zero-order valence-electron chi connectivity index (χ0n) is 13.1. The minimum absolute atomic E-state index is 0. The third-order valence-corrected chi connectivity index (χ3v) is 3.31. The Hall–Kier alpha value is -1.69. The van der Waals surface area contributed by atoms with Gasteiger partial charge in [0.1, 0.15) is 5.69 Å². The van der Waals surface area contributed by atoms with Gasteiger partial charge in [0.05, 0.1) is 6.20 Å². The molecule has 1 aromatic carbocycles. The van der Waals surface area contributed by atoms with Crippen molar-refractivity contribution < 1.29 is 4.79 Å².